The fraction of sp³-hybridized carbons (Fsp3) is 0.867. The zero-order chi connectivity index (χ0) is 15.0. The molecule has 3 heterocycles. The van der Waals surface area contributed by atoms with Crippen LogP contribution in [0.3, 0.4) is 0 Å². The third-order valence-electron chi connectivity index (χ3n) is 5.15. The number of ether oxygens (including phenoxy) is 1. The molecule has 0 spiro atoms. The first-order chi connectivity index (χ1) is 10.1. The van der Waals surface area contributed by atoms with E-state index in [9.17, 15) is 14.7 Å². The molecule has 6 heteroatoms. The molecule has 3 aliphatic heterocycles. The van der Waals surface area contributed by atoms with Gasteiger partial charge in [-0.25, -0.2) is 4.79 Å². The van der Waals surface area contributed by atoms with Gasteiger partial charge in [0.15, 0.2) is 0 Å². The molecule has 6 nitrogen and oxygen atoms in total. The number of carboxylic acids is 1. The third-order valence-corrected chi connectivity index (χ3v) is 5.15. The van der Waals surface area contributed by atoms with Crippen molar-refractivity contribution >= 4 is 12.0 Å². The first kappa shape index (κ1) is 14.6. The number of amides is 2. The van der Waals surface area contributed by atoms with E-state index in [-0.39, 0.29) is 30.1 Å². The van der Waals surface area contributed by atoms with Crippen molar-refractivity contribution in [3.05, 3.63) is 0 Å². The number of urea groups is 1. The Kier molecular flexibility index (Phi) is 4.06. The lowest BCUT2D eigenvalue weighted by Gasteiger charge is -2.32. The first-order valence-corrected chi connectivity index (χ1v) is 7.95. The lowest BCUT2D eigenvalue weighted by atomic mass is 9.89. The van der Waals surface area contributed by atoms with Crippen LogP contribution in [0.2, 0.25) is 0 Å². The maximum absolute atomic E-state index is 12.7. The summed E-state index contributed by atoms with van der Waals surface area (Å²) < 4.78 is 5.68. The molecule has 3 aliphatic rings. The van der Waals surface area contributed by atoms with E-state index in [2.05, 4.69) is 0 Å². The maximum Gasteiger partial charge on any atom is 0.320 e. The van der Waals surface area contributed by atoms with E-state index in [0.717, 1.165) is 38.7 Å². The monoisotopic (exact) mass is 296 g/mol. The van der Waals surface area contributed by atoms with Crippen LogP contribution in [0.1, 0.15) is 38.5 Å². The maximum atomic E-state index is 12.7. The van der Waals surface area contributed by atoms with Crippen molar-refractivity contribution in [2.45, 2.75) is 56.7 Å². The van der Waals surface area contributed by atoms with Crippen molar-refractivity contribution in [3.8, 4) is 0 Å². The lowest BCUT2D eigenvalue weighted by molar-refractivity contribution is -0.142. The van der Waals surface area contributed by atoms with Gasteiger partial charge in [-0.1, -0.05) is 0 Å². The molecule has 2 bridgehead atoms. The number of fused-ring (bicyclic) bond motifs is 2. The van der Waals surface area contributed by atoms with Crippen LogP contribution in [0, 0.1) is 5.92 Å². The summed E-state index contributed by atoms with van der Waals surface area (Å²) >= 11 is 0. The number of aliphatic carboxylic acids is 1. The molecule has 3 fully saturated rings. The summed E-state index contributed by atoms with van der Waals surface area (Å²) in [6.07, 6.45) is 5.76. The van der Waals surface area contributed by atoms with E-state index < -0.39 is 5.97 Å². The zero-order valence-corrected chi connectivity index (χ0v) is 12.5. The van der Waals surface area contributed by atoms with Gasteiger partial charge in [-0.05, 0) is 38.5 Å². The largest absolute Gasteiger partial charge is 0.481 e. The second-order valence-electron chi connectivity index (χ2n) is 6.54. The van der Waals surface area contributed by atoms with Crippen LogP contribution in [0.4, 0.5) is 4.79 Å². The Labute approximate surface area is 125 Å². The number of carboxylic acid groups (broad SMARTS) is 1. The summed E-state index contributed by atoms with van der Waals surface area (Å²) in [6.45, 7) is 1.38. The topological polar surface area (TPSA) is 70.1 Å². The Balaban J connectivity index is 1.61. The Morgan fingerprint density at radius 2 is 2.10 bits per heavy atom. The van der Waals surface area contributed by atoms with Crippen LogP contribution in [-0.4, -0.2) is 65.3 Å². The molecule has 2 amide bonds. The Hall–Kier alpha value is -1.30. The van der Waals surface area contributed by atoms with Gasteiger partial charge in [0.05, 0.1) is 12.0 Å². The van der Waals surface area contributed by atoms with Crippen LogP contribution in [0.5, 0.6) is 0 Å². The van der Waals surface area contributed by atoms with Crippen molar-refractivity contribution in [2.75, 3.05) is 20.2 Å². The average molecular weight is 296 g/mol. The number of likely N-dealkylation sites (N-methyl/N-ethyl adjacent to an activating group) is 1. The molecular weight excluding hydrogens is 272 g/mol. The van der Waals surface area contributed by atoms with Crippen LogP contribution in [-0.2, 0) is 9.53 Å². The molecule has 21 heavy (non-hydrogen) atoms. The SMILES string of the molecule is CN(CC1CCCCO1)C(=O)N1C2CCC1C(C(=O)O)C2. The van der Waals surface area contributed by atoms with Crippen LogP contribution < -0.4 is 0 Å². The Morgan fingerprint density at radius 1 is 1.29 bits per heavy atom. The molecule has 0 aromatic carbocycles. The highest BCUT2D eigenvalue weighted by molar-refractivity contribution is 5.79. The van der Waals surface area contributed by atoms with Gasteiger partial charge in [0.1, 0.15) is 0 Å². The molecule has 4 atom stereocenters. The van der Waals surface area contributed by atoms with Gasteiger partial charge < -0.3 is 19.6 Å². The van der Waals surface area contributed by atoms with Crippen molar-refractivity contribution in [1.29, 1.82) is 0 Å². The summed E-state index contributed by atoms with van der Waals surface area (Å²) in [6, 6.07) is -0.0338. The highest BCUT2D eigenvalue weighted by atomic mass is 16.5. The van der Waals surface area contributed by atoms with Crippen molar-refractivity contribution in [3.63, 3.8) is 0 Å². The highest BCUT2D eigenvalue weighted by Crippen LogP contribution is 2.42. The number of carbonyl (C=O) groups excluding carboxylic acids is 1. The number of hydrogen-bond donors (Lipinski definition) is 1. The Bertz CT molecular complexity index is 422. The van der Waals surface area contributed by atoms with Gasteiger partial charge in [-0.3, -0.25) is 4.79 Å². The number of rotatable bonds is 3. The van der Waals surface area contributed by atoms with E-state index in [1.54, 1.807) is 11.9 Å². The smallest absolute Gasteiger partial charge is 0.320 e. The molecule has 0 radical (unpaired) electrons. The summed E-state index contributed by atoms with van der Waals surface area (Å²) in [5.41, 5.74) is 0. The summed E-state index contributed by atoms with van der Waals surface area (Å²) in [7, 11) is 1.80. The third kappa shape index (κ3) is 2.73. The first-order valence-electron chi connectivity index (χ1n) is 7.95. The van der Waals surface area contributed by atoms with Crippen molar-refractivity contribution < 1.29 is 19.4 Å². The standard InChI is InChI=1S/C15H24N2O4/c1-16(9-11-4-2-3-7-21-11)15(20)17-10-5-6-13(17)12(8-10)14(18)19/h10-13H,2-9H2,1H3,(H,18,19). The predicted octanol–water partition coefficient (Wildman–Crippen LogP) is 1.54. The number of carbonyl (C=O) groups is 2. The van der Waals surface area contributed by atoms with E-state index in [1.165, 1.54) is 0 Å². The van der Waals surface area contributed by atoms with Gasteiger partial charge in [0, 0.05) is 32.3 Å². The fourth-order valence-corrected chi connectivity index (χ4v) is 4.08. The lowest BCUT2D eigenvalue weighted by Crippen LogP contribution is -2.47. The molecule has 3 saturated heterocycles. The highest BCUT2D eigenvalue weighted by Gasteiger charge is 2.52. The van der Waals surface area contributed by atoms with Crippen molar-refractivity contribution in [1.82, 2.24) is 9.80 Å². The quantitative estimate of drug-likeness (QED) is 0.857. The summed E-state index contributed by atoms with van der Waals surface area (Å²) in [5.74, 6) is -1.15. The molecule has 4 unspecified atom stereocenters. The molecule has 3 rings (SSSR count). The molecule has 0 aromatic rings. The normalized spacial score (nSPS) is 35.0. The van der Waals surface area contributed by atoms with Gasteiger partial charge in [-0.2, -0.15) is 0 Å². The van der Waals surface area contributed by atoms with E-state index in [1.807, 2.05) is 4.90 Å². The molecule has 0 aromatic heterocycles. The summed E-state index contributed by atoms with van der Waals surface area (Å²) in [4.78, 5) is 27.5. The molecule has 118 valence electrons. The minimum Gasteiger partial charge on any atom is -0.481 e. The Morgan fingerprint density at radius 3 is 2.71 bits per heavy atom. The van der Waals surface area contributed by atoms with Crippen molar-refractivity contribution in [2.24, 2.45) is 5.92 Å². The second kappa shape index (κ2) is 5.83. The van der Waals surface area contributed by atoms with E-state index in [0.29, 0.717) is 13.0 Å². The molecule has 1 N–H and O–H groups in total. The number of nitrogens with zero attached hydrogens (tertiary/aromatic N) is 2. The predicted molar refractivity (Wildman–Crippen MR) is 76.0 cm³/mol. The minimum absolute atomic E-state index is 0.0274. The van der Waals surface area contributed by atoms with Gasteiger partial charge in [0.2, 0.25) is 0 Å². The number of hydrogen-bond acceptors (Lipinski definition) is 3. The van der Waals surface area contributed by atoms with Gasteiger partial charge in [-0.15, -0.1) is 0 Å². The van der Waals surface area contributed by atoms with Gasteiger partial charge >= 0.3 is 12.0 Å². The second-order valence-corrected chi connectivity index (χ2v) is 6.54. The minimum atomic E-state index is -0.765. The van der Waals surface area contributed by atoms with Crippen LogP contribution in [0.25, 0.3) is 0 Å². The zero-order valence-electron chi connectivity index (χ0n) is 12.5. The molecule has 0 saturated carbocycles. The summed E-state index contributed by atoms with van der Waals surface area (Å²) in [5, 5.41) is 9.26. The van der Waals surface area contributed by atoms with Crippen LogP contribution in [0.15, 0.2) is 0 Å². The van der Waals surface area contributed by atoms with Crippen LogP contribution >= 0.6 is 0 Å². The van der Waals surface area contributed by atoms with Gasteiger partial charge in [0.25, 0.3) is 0 Å². The fourth-order valence-electron chi connectivity index (χ4n) is 4.08. The molecule has 0 aliphatic carbocycles. The average Bonchev–Trinajstić information content (AvgIpc) is 3.05. The van der Waals surface area contributed by atoms with E-state index in [4.69, 9.17) is 4.74 Å². The van der Waals surface area contributed by atoms with E-state index >= 15 is 0 Å². The molecular formula is C15H24N2O4.